The van der Waals surface area contributed by atoms with E-state index in [0.717, 1.165) is 21.8 Å². The first-order valence-electron chi connectivity index (χ1n) is 5.77. The van der Waals surface area contributed by atoms with E-state index in [4.69, 9.17) is 11.1 Å². The van der Waals surface area contributed by atoms with Gasteiger partial charge in [0.2, 0.25) is 0 Å². The van der Waals surface area contributed by atoms with Crippen molar-refractivity contribution in [1.82, 2.24) is 15.0 Å². The molecule has 0 aliphatic heterocycles. The number of aromatic nitrogens is 3. The Kier molecular flexibility index (Phi) is 3.80. The van der Waals surface area contributed by atoms with Crippen LogP contribution >= 0.6 is 11.8 Å². The molecule has 2 heterocycles. The molecule has 3 N–H and O–H groups in total. The van der Waals surface area contributed by atoms with Crippen molar-refractivity contribution in [2.24, 2.45) is 5.73 Å². The first kappa shape index (κ1) is 13.5. The van der Waals surface area contributed by atoms with Crippen LogP contribution in [-0.2, 0) is 0 Å². The maximum absolute atomic E-state index is 7.29. The first-order chi connectivity index (χ1) is 8.97. The first-order valence-corrected chi connectivity index (χ1v) is 6.59. The number of aryl methyl sites for hydroxylation is 2. The largest absolute Gasteiger partial charge is 0.382 e. The molecule has 0 aliphatic carbocycles. The lowest BCUT2D eigenvalue weighted by atomic mass is 10.2. The second kappa shape index (κ2) is 5.36. The van der Waals surface area contributed by atoms with E-state index in [1.165, 1.54) is 11.8 Å². The molecule has 5 nitrogen and oxygen atoms in total. The third-order valence-corrected chi connectivity index (χ3v) is 3.68. The molecule has 2 aromatic heterocycles. The van der Waals surface area contributed by atoms with E-state index in [9.17, 15) is 0 Å². The van der Waals surface area contributed by atoms with E-state index in [1.54, 1.807) is 12.3 Å². The van der Waals surface area contributed by atoms with Crippen molar-refractivity contribution in [3.8, 4) is 0 Å². The zero-order valence-corrected chi connectivity index (χ0v) is 11.9. The highest BCUT2D eigenvalue weighted by Gasteiger charge is 2.07. The lowest BCUT2D eigenvalue weighted by molar-refractivity contribution is 0.880. The number of nitrogens with zero attached hydrogens (tertiary/aromatic N) is 3. The van der Waals surface area contributed by atoms with Crippen molar-refractivity contribution < 1.29 is 0 Å². The number of nitrogens with one attached hydrogen (secondary N) is 1. The molecule has 0 aromatic carbocycles. The summed E-state index contributed by atoms with van der Waals surface area (Å²) in [4.78, 5) is 13.9. The van der Waals surface area contributed by atoms with Gasteiger partial charge in [-0.2, -0.15) is 0 Å². The lowest BCUT2D eigenvalue weighted by Gasteiger charge is -2.06. The number of amidine groups is 1. The minimum absolute atomic E-state index is 0.0326. The van der Waals surface area contributed by atoms with Gasteiger partial charge in [-0.1, -0.05) is 0 Å². The summed E-state index contributed by atoms with van der Waals surface area (Å²) in [6, 6.07) is 3.58. The Hall–Kier alpha value is -1.95. The van der Waals surface area contributed by atoms with Gasteiger partial charge in [0.15, 0.2) is 5.16 Å². The van der Waals surface area contributed by atoms with E-state index in [2.05, 4.69) is 15.0 Å². The highest BCUT2D eigenvalue weighted by atomic mass is 32.2. The number of pyridine rings is 1. The SMILES string of the molecule is Cc1nc(Sc2ccc(C(=N)N)nc2)nc(C)c1C. The fourth-order valence-electron chi connectivity index (χ4n) is 1.49. The Morgan fingerprint density at radius 2 is 1.79 bits per heavy atom. The van der Waals surface area contributed by atoms with Crippen LogP contribution in [0, 0.1) is 26.2 Å². The fourth-order valence-corrected chi connectivity index (χ4v) is 2.31. The minimum Gasteiger partial charge on any atom is -0.382 e. The molecule has 98 valence electrons. The number of rotatable bonds is 3. The average Bonchev–Trinajstić information content (AvgIpc) is 2.36. The Morgan fingerprint density at radius 1 is 1.16 bits per heavy atom. The van der Waals surface area contributed by atoms with E-state index in [0.29, 0.717) is 10.9 Å². The lowest BCUT2D eigenvalue weighted by Crippen LogP contribution is -2.12. The molecule has 0 atom stereocenters. The van der Waals surface area contributed by atoms with Crippen LogP contribution < -0.4 is 5.73 Å². The summed E-state index contributed by atoms with van der Waals surface area (Å²) in [6.45, 7) is 5.97. The molecular weight excluding hydrogens is 258 g/mol. The van der Waals surface area contributed by atoms with Crippen LogP contribution in [0.15, 0.2) is 28.4 Å². The van der Waals surface area contributed by atoms with Crippen LogP contribution in [0.4, 0.5) is 0 Å². The quantitative estimate of drug-likeness (QED) is 0.508. The summed E-state index contributed by atoms with van der Waals surface area (Å²) in [5.74, 6) is -0.0326. The Morgan fingerprint density at radius 3 is 2.26 bits per heavy atom. The van der Waals surface area contributed by atoms with Gasteiger partial charge >= 0.3 is 0 Å². The normalized spacial score (nSPS) is 10.5. The second-order valence-electron chi connectivity index (χ2n) is 4.20. The molecule has 0 amide bonds. The van der Waals surface area contributed by atoms with Crippen molar-refractivity contribution >= 4 is 17.6 Å². The van der Waals surface area contributed by atoms with Crippen molar-refractivity contribution in [3.05, 3.63) is 41.0 Å². The second-order valence-corrected chi connectivity index (χ2v) is 5.24. The van der Waals surface area contributed by atoms with Crippen LogP contribution in [0.2, 0.25) is 0 Å². The summed E-state index contributed by atoms with van der Waals surface area (Å²) in [7, 11) is 0. The topological polar surface area (TPSA) is 88.5 Å². The Labute approximate surface area is 116 Å². The van der Waals surface area contributed by atoms with Crippen molar-refractivity contribution in [1.29, 1.82) is 5.41 Å². The number of hydrogen-bond acceptors (Lipinski definition) is 5. The highest BCUT2D eigenvalue weighted by Crippen LogP contribution is 2.25. The van der Waals surface area contributed by atoms with Crippen LogP contribution in [0.3, 0.4) is 0 Å². The smallest absolute Gasteiger partial charge is 0.192 e. The predicted molar refractivity (Wildman–Crippen MR) is 75.6 cm³/mol. The minimum atomic E-state index is -0.0326. The van der Waals surface area contributed by atoms with Gasteiger partial charge in [0.05, 0.1) is 0 Å². The standard InChI is InChI=1S/C13H15N5S/c1-7-8(2)17-13(18-9(7)3)19-10-4-5-11(12(14)15)16-6-10/h4-6H,1-3H3,(H3,14,15). The van der Waals surface area contributed by atoms with E-state index < -0.39 is 0 Å². The Balaban J connectivity index is 2.24. The summed E-state index contributed by atoms with van der Waals surface area (Å²) in [5.41, 5.74) is 8.93. The number of nitrogens with two attached hydrogens (primary N) is 1. The monoisotopic (exact) mass is 273 g/mol. The predicted octanol–water partition coefficient (Wildman–Crippen LogP) is 2.23. The fraction of sp³-hybridized carbons (Fsp3) is 0.231. The molecule has 0 spiro atoms. The maximum Gasteiger partial charge on any atom is 0.192 e. The van der Waals surface area contributed by atoms with Gasteiger partial charge in [-0.3, -0.25) is 10.4 Å². The van der Waals surface area contributed by atoms with Gasteiger partial charge < -0.3 is 5.73 Å². The molecular formula is C13H15N5S. The van der Waals surface area contributed by atoms with Crippen LogP contribution in [0.5, 0.6) is 0 Å². The molecule has 0 fully saturated rings. The van der Waals surface area contributed by atoms with E-state index in [-0.39, 0.29) is 5.84 Å². The molecule has 19 heavy (non-hydrogen) atoms. The Bertz CT molecular complexity index is 598. The van der Waals surface area contributed by atoms with Crippen LogP contribution in [-0.4, -0.2) is 20.8 Å². The molecule has 2 aromatic rings. The summed E-state index contributed by atoms with van der Waals surface area (Å²) >= 11 is 1.45. The summed E-state index contributed by atoms with van der Waals surface area (Å²) in [6.07, 6.45) is 1.68. The molecule has 6 heteroatoms. The van der Waals surface area contributed by atoms with E-state index in [1.807, 2.05) is 26.8 Å². The maximum atomic E-state index is 7.29. The van der Waals surface area contributed by atoms with Gasteiger partial charge in [0.25, 0.3) is 0 Å². The third kappa shape index (κ3) is 3.08. The number of nitrogen functional groups attached to an aromatic ring is 1. The van der Waals surface area contributed by atoms with Gasteiger partial charge in [-0.05, 0) is 50.2 Å². The van der Waals surface area contributed by atoms with Crippen molar-refractivity contribution in [2.75, 3.05) is 0 Å². The zero-order valence-electron chi connectivity index (χ0n) is 11.1. The molecule has 0 bridgehead atoms. The van der Waals surface area contributed by atoms with Crippen LogP contribution in [0.25, 0.3) is 0 Å². The third-order valence-electron chi connectivity index (χ3n) is 2.83. The average molecular weight is 273 g/mol. The highest BCUT2D eigenvalue weighted by molar-refractivity contribution is 7.99. The summed E-state index contributed by atoms with van der Waals surface area (Å²) in [5, 5.41) is 8.00. The molecule has 0 saturated heterocycles. The molecule has 2 rings (SSSR count). The zero-order chi connectivity index (χ0) is 14.0. The van der Waals surface area contributed by atoms with Gasteiger partial charge in [-0.15, -0.1) is 0 Å². The van der Waals surface area contributed by atoms with Crippen LogP contribution in [0.1, 0.15) is 22.6 Å². The van der Waals surface area contributed by atoms with Gasteiger partial charge in [0, 0.05) is 22.5 Å². The van der Waals surface area contributed by atoms with Gasteiger partial charge in [-0.25, -0.2) is 9.97 Å². The van der Waals surface area contributed by atoms with Crippen molar-refractivity contribution in [2.45, 2.75) is 30.8 Å². The summed E-state index contributed by atoms with van der Waals surface area (Å²) < 4.78 is 0. The molecule has 0 aliphatic rings. The van der Waals surface area contributed by atoms with E-state index >= 15 is 0 Å². The molecule has 0 saturated carbocycles. The molecule has 0 radical (unpaired) electrons. The van der Waals surface area contributed by atoms with Gasteiger partial charge in [0.1, 0.15) is 11.5 Å². The molecule has 0 unspecified atom stereocenters. The van der Waals surface area contributed by atoms with Crippen molar-refractivity contribution in [3.63, 3.8) is 0 Å². The number of hydrogen-bond donors (Lipinski definition) is 2.